The highest BCUT2D eigenvalue weighted by Crippen LogP contribution is 2.18. The van der Waals surface area contributed by atoms with Crippen LogP contribution < -0.4 is 16.6 Å². The van der Waals surface area contributed by atoms with Crippen LogP contribution >= 0.6 is 0 Å². The molecular formula is C14H18N4O3. The van der Waals surface area contributed by atoms with E-state index in [4.69, 9.17) is 4.74 Å². The van der Waals surface area contributed by atoms with Gasteiger partial charge in [-0.05, 0) is 18.9 Å². The molecule has 1 unspecified atom stereocenters. The third-order valence-electron chi connectivity index (χ3n) is 3.89. The molecule has 21 heavy (non-hydrogen) atoms. The fourth-order valence-electron chi connectivity index (χ4n) is 2.66. The molecular weight excluding hydrogens is 272 g/mol. The molecule has 1 N–H and O–H groups in total. The van der Waals surface area contributed by atoms with Gasteiger partial charge >= 0.3 is 5.69 Å². The van der Waals surface area contributed by atoms with E-state index in [0.29, 0.717) is 23.3 Å². The molecule has 7 heteroatoms. The Hall–Kier alpha value is -2.15. The maximum atomic E-state index is 12.4. The van der Waals surface area contributed by atoms with Gasteiger partial charge in [-0.1, -0.05) is 0 Å². The van der Waals surface area contributed by atoms with Crippen molar-refractivity contribution in [2.75, 3.05) is 18.5 Å². The molecule has 1 saturated heterocycles. The first kappa shape index (κ1) is 13.8. The van der Waals surface area contributed by atoms with Gasteiger partial charge in [0.25, 0.3) is 5.56 Å². The Labute approximate surface area is 121 Å². The number of rotatable bonds is 3. The summed E-state index contributed by atoms with van der Waals surface area (Å²) in [6.07, 6.45) is 3.86. The highest BCUT2D eigenvalue weighted by atomic mass is 16.5. The van der Waals surface area contributed by atoms with Crippen molar-refractivity contribution in [2.45, 2.75) is 18.9 Å². The number of nitrogens with zero attached hydrogens (tertiary/aromatic N) is 3. The Kier molecular flexibility index (Phi) is 3.50. The van der Waals surface area contributed by atoms with Crippen molar-refractivity contribution >= 4 is 16.7 Å². The van der Waals surface area contributed by atoms with Crippen LogP contribution in [0.1, 0.15) is 12.8 Å². The van der Waals surface area contributed by atoms with Crippen molar-refractivity contribution in [1.29, 1.82) is 0 Å². The minimum Gasteiger partial charge on any atom is -0.382 e. The first-order valence-electron chi connectivity index (χ1n) is 7.00. The van der Waals surface area contributed by atoms with Gasteiger partial charge in [-0.25, -0.2) is 9.78 Å². The van der Waals surface area contributed by atoms with Gasteiger partial charge in [0.05, 0.1) is 11.8 Å². The van der Waals surface area contributed by atoms with Gasteiger partial charge < -0.3 is 10.1 Å². The van der Waals surface area contributed by atoms with Crippen LogP contribution in [0.25, 0.3) is 11.0 Å². The molecule has 1 aliphatic heterocycles. The highest BCUT2D eigenvalue weighted by molar-refractivity contribution is 5.88. The maximum Gasteiger partial charge on any atom is 0.332 e. The van der Waals surface area contributed by atoms with E-state index in [-0.39, 0.29) is 17.4 Å². The second-order valence-corrected chi connectivity index (χ2v) is 5.28. The number of hydrogen-bond donors (Lipinski definition) is 1. The van der Waals surface area contributed by atoms with Gasteiger partial charge in [0.15, 0.2) is 5.65 Å². The minimum atomic E-state index is -0.378. The predicted molar refractivity (Wildman–Crippen MR) is 79.7 cm³/mol. The third-order valence-corrected chi connectivity index (χ3v) is 3.89. The van der Waals surface area contributed by atoms with Crippen LogP contribution in [0.4, 0.5) is 5.69 Å². The molecule has 7 nitrogen and oxygen atoms in total. The van der Waals surface area contributed by atoms with E-state index in [1.807, 2.05) is 0 Å². The van der Waals surface area contributed by atoms with Crippen LogP contribution in [0.15, 0.2) is 21.9 Å². The average Bonchev–Trinajstić information content (AvgIpc) is 3.01. The molecule has 0 radical (unpaired) electrons. The number of fused-ring (bicyclic) bond motifs is 1. The van der Waals surface area contributed by atoms with Crippen LogP contribution in [-0.2, 0) is 18.8 Å². The van der Waals surface area contributed by atoms with Crippen LogP contribution in [-0.4, -0.2) is 33.4 Å². The van der Waals surface area contributed by atoms with E-state index < -0.39 is 0 Å². The van der Waals surface area contributed by atoms with Gasteiger partial charge in [-0.15, -0.1) is 0 Å². The molecule has 0 spiro atoms. The minimum absolute atomic E-state index is 0.171. The topological polar surface area (TPSA) is 78.2 Å². The van der Waals surface area contributed by atoms with Crippen molar-refractivity contribution in [2.24, 2.45) is 14.1 Å². The van der Waals surface area contributed by atoms with Crippen LogP contribution in [0.5, 0.6) is 0 Å². The maximum absolute atomic E-state index is 12.4. The third kappa shape index (κ3) is 2.33. The lowest BCUT2D eigenvalue weighted by molar-refractivity contribution is 0.120. The largest absolute Gasteiger partial charge is 0.382 e. The van der Waals surface area contributed by atoms with Crippen molar-refractivity contribution in [3.05, 3.63) is 33.1 Å². The summed E-state index contributed by atoms with van der Waals surface area (Å²) in [5.74, 6) is 0. The number of ether oxygens (including phenoxy) is 1. The molecule has 3 rings (SSSR count). The molecule has 3 heterocycles. The number of aromatic nitrogens is 3. The normalized spacial score (nSPS) is 18.3. The zero-order valence-corrected chi connectivity index (χ0v) is 12.1. The summed E-state index contributed by atoms with van der Waals surface area (Å²) in [6, 6.07) is 1.75. The second-order valence-electron chi connectivity index (χ2n) is 5.28. The average molecular weight is 290 g/mol. The Morgan fingerprint density at radius 3 is 2.90 bits per heavy atom. The summed E-state index contributed by atoms with van der Waals surface area (Å²) in [7, 11) is 3.09. The lowest BCUT2D eigenvalue weighted by Crippen LogP contribution is -2.37. The fraction of sp³-hybridized carbons (Fsp3) is 0.500. The molecule has 1 aliphatic rings. The Morgan fingerprint density at radius 2 is 2.19 bits per heavy atom. The molecule has 112 valence electrons. The number of anilines is 1. The van der Waals surface area contributed by atoms with Crippen molar-refractivity contribution in [3.8, 4) is 0 Å². The first-order valence-corrected chi connectivity index (χ1v) is 7.00. The van der Waals surface area contributed by atoms with Gasteiger partial charge in [-0.2, -0.15) is 0 Å². The summed E-state index contributed by atoms with van der Waals surface area (Å²) in [5, 5.41) is 3.68. The zero-order valence-electron chi connectivity index (χ0n) is 12.1. The number of pyridine rings is 1. The molecule has 2 aromatic rings. The lowest BCUT2D eigenvalue weighted by atomic mass is 10.2. The summed E-state index contributed by atoms with van der Waals surface area (Å²) in [5.41, 5.74) is 0.361. The Bertz CT molecular complexity index is 787. The summed E-state index contributed by atoms with van der Waals surface area (Å²) < 4.78 is 8.05. The second kappa shape index (κ2) is 5.33. The Balaban J connectivity index is 2.06. The van der Waals surface area contributed by atoms with Gasteiger partial charge in [-0.3, -0.25) is 13.9 Å². The molecule has 0 aromatic carbocycles. The summed E-state index contributed by atoms with van der Waals surface area (Å²) >= 11 is 0. The predicted octanol–water partition coefficient (Wildman–Crippen LogP) is 0.223. The molecule has 2 aromatic heterocycles. The van der Waals surface area contributed by atoms with E-state index >= 15 is 0 Å². The molecule has 0 saturated carbocycles. The van der Waals surface area contributed by atoms with Crippen molar-refractivity contribution in [1.82, 2.24) is 14.1 Å². The molecule has 0 bridgehead atoms. The van der Waals surface area contributed by atoms with Crippen molar-refractivity contribution < 1.29 is 4.74 Å². The number of aryl methyl sites for hydroxylation is 1. The highest BCUT2D eigenvalue weighted by Gasteiger charge is 2.17. The molecule has 0 aliphatic carbocycles. The zero-order chi connectivity index (χ0) is 15.0. The van der Waals surface area contributed by atoms with Crippen molar-refractivity contribution in [3.63, 3.8) is 0 Å². The van der Waals surface area contributed by atoms with Crippen LogP contribution in [0.2, 0.25) is 0 Å². The number of hydrogen-bond acceptors (Lipinski definition) is 5. The first-order chi connectivity index (χ1) is 10.1. The van der Waals surface area contributed by atoms with Crippen LogP contribution in [0, 0.1) is 0 Å². The fourth-order valence-corrected chi connectivity index (χ4v) is 2.66. The number of nitrogens with one attached hydrogen (secondary N) is 1. The standard InChI is InChI=1S/C14H18N4O3/c1-17-12-11(13(19)18(2)14(17)20)10(5-6-15-12)16-8-9-4-3-7-21-9/h5-6,9H,3-4,7-8H2,1-2H3,(H,15,16). The van der Waals surface area contributed by atoms with E-state index in [0.717, 1.165) is 24.0 Å². The molecule has 1 atom stereocenters. The SMILES string of the molecule is Cn1c(=O)c2c(NCC3CCCO3)ccnc2n(C)c1=O. The van der Waals surface area contributed by atoms with Crippen LogP contribution in [0.3, 0.4) is 0 Å². The van der Waals surface area contributed by atoms with E-state index in [1.54, 1.807) is 19.3 Å². The summed E-state index contributed by atoms with van der Waals surface area (Å²) in [4.78, 5) is 28.4. The molecule has 1 fully saturated rings. The van der Waals surface area contributed by atoms with E-state index in [1.165, 1.54) is 11.6 Å². The quantitative estimate of drug-likeness (QED) is 0.875. The van der Waals surface area contributed by atoms with E-state index in [2.05, 4.69) is 10.3 Å². The van der Waals surface area contributed by atoms with E-state index in [9.17, 15) is 9.59 Å². The van der Waals surface area contributed by atoms with Gasteiger partial charge in [0.2, 0.25) is 0 Å². The lowest BCUT2D eigenvalue weighted by Gasteiger charge is -2.14. The van der Waals surface area contributed by atoms with Gasteiger partial charge in [0.1, 0.15) is 5.39 Å². The van der Waals surface area contributed by atoms with Gasteiger partial charge in [0, 0.05) is 33.4 Å². The monoisotopic (exact) mass is 290 g/mol. The molecule has 0 amide bonds. The Morgan fingerprint density at radius 1 is 1.38 bits per heavy atom. The summed E-state index contributed by atoms with van der Waals surface area (Å²) in [6.45, 7) is 1.44. The smallest absolute Gasteiger partial charge is 0.332 e.